The molecule has 4 rings (SSSR count). The standard InChI is InChI=1S/C12H12N4OS.C6H12.C3H7NO/c13-11(17)12-15-9-3-6-16(7-10(9)18-12)8-1-4-14-5-2-8;1-2-4-6-5-3-1;1-2-3(4)5/h1-2,4-5H,3,6-7H2,(H2,13,17);1-6H2;2H2,1H3,(H2,4,5). The maximum Gasteiger partial charge on any atom is 0.277 e. The molecule has 0 aromatic carbocycles. The number of hydrogen-bond acceptors (Lipinski definition) is 6. The minimum absolute atomic E-state index is 0.245. The van der Waals surface area contributed by atoms with Crippen molar-refractivity contribution in [1.82, 2.24) is 9.97 Å². The average molecular weight is 418 g/mol. The second-order valence-corrected chi connectivity index (χ2v) is 8.15. The van der Waals surface area contributed by atoms with Crippen LogP contribution in [-0.4, -0.2) is 28.3 Å². The SMILES string of the molecule is C1CCCCC1.CCC(N)=O.NC(=O)c1nc2c(s1)CN(c1ccncc1)CC2. The molecule has 8 heteroatoms. The molecule has 0 atom stereocenters. The molecule has 4 N–H and O–H groups in total. The molecule has 1 fully saturated rings. The molecule has 0 spiro atoms. The Hall–Kier alpha value is -2.48. The molecule has 1 saturated carbocycles. The van der Waals surface area contributed by atoms with Crippen molar-refractivity contribution >= 4 is 28.8 Å². The first kappa shape index (κ1) is 22.8. The van der Waals surface area contributed by atoms with Gasteiger partial charge in [0.05, 0.1) is 12.2 Å². The van der Waals surface area contributed by atoms with Gasteiger partial charge < -0.3 is 16.4 Å². The highest BCUT2D eigenvalue weighted by atomic mass is 32.1. The lowest BCUT2D eigenvalue weighted by atomic mass is 10.0. The fourth-order valence-corrected chi connectivity index (χ4v) is 4.11. The van der Waals surface area contributed by atoms with E-state index in [1.165, 1.54) is 49.9 Å². The summed E-state index contributed by atoms with van der Waals surface area (Å²) in [6, 6.07) is 3.97. The van der Waals surface area contributed by atoms with Gasteiger partial charge in [-0.1, -0.05) is 45.4 Å². The van der Waals surface area contributed by atoms with Gasteiger partial charge >= 0.3 is 0 Å². The molecule has 2 aromatic heterocycles. The smallest absolute Gasteiger partial charge is 0.277 e. The summed E-state index contributed by atoms with van der Waals surface area (Å²) in [5, 5.41) is 0.413. The average Bonchev–Trinajstić information content (AvgIpc) is 3.20. The number of amides is 2. The van der Waals surface area contributed by atoms with Gasteiger partial charge in [-0.2, -0.15) is 0 Å². The molecule has 2 aliphatic rings. The van der Waals surface area contributed by atoms with Crippen LogP contribution in [0.25, 0.3) is 0 Å². The van der Waals surface area contributed by atoms with E-state index in [9.17, 15) is 9.59 Å². The second kappa shape index (κ2) is 12.2. The van der Waals surface area contributed by atoms with Crippen LogP contribution < -0.4 is 16.4 Å². The van der Waals surface area contributed by atoms with Crippen molar-refractivity contribution in [3.63, 3.8) is 0 Å². The fourth-order valence-electron chi connectivity index (χ4n) is 3.14. The van der Waals surface area contributed by atoms with Crippen LogP contribution in [0.3, 0.4) is 0 Å². The van der Waals surface area contributed by atoms with Crippen LogP contribution in [0.1, 0.15) is 72.2 Å². The Morgan fingerprint density at radius 1 is 1.07 bits per heavy atom. The summed E-state index contributed by atoms with van der Waals surface area (Å²) in [4.78, 5) is 32.4. The number of carbonyl (C=O) groups excluding carboxylic acids is 2. The van der Waals surface area contributed by atoms with Gasteiger partial charge in [-0.15, -0.1) is 11.3 Å². The molecular formula is C21H31N5O2S. The Bertz CT molecular complexity index is 763. The number of rotatable bonds is 3. The molecule has 1 aliphatic heterocycles. The topological polar surface area (TPSA) is 115 Å². The molecule has 7 nitrogen and oxygen atoms in total. The van der Waals surface area contributed by atoms with Crippen molar-refractivity contribution in [2.45, 2.75) is 64.8 Å². The number of primary amides is 2. The van der Waals surface area contributed by atoms with E-state index < -0.39 is 5.91 Å². The van der Waals surface area contributed by atoms with E-state index in [1.807, 2.05) is 12.1 Å². The zero-order valence-corrected chi connectivity index (χ0v) is 17.9. The van der Waals surface area contributed by atoms with Crippen LogP contribution in [0.15, 0.2) is 24.5 Å². The molecule has 158 valence electrons. The summed E-state index contributed by atoms with van der Waals surface area (Å²) in [6.45, 7) is 3.41. The van der Waals surface area contributed by atoms with Crippen molar-refractivity contribution in [2.75, 3.05) is 11.4 Å². The van der Waals surface area contributed by atoms with Crippen molar-refractivity contribution in [3.8, 4) is 0 Å². The molecule has 2 amide bonds. The van der Waals surface area contributed by atoms with Crippen LogP contribution >= 0.6 is 11.3 Å². The summed E-state index contributed by atoms with van der Waals surface area (Å²) in [5.41, 5.74) is 12.1. The van der Waals surface area contributed by atoms with Crippen LogP contribution in [-0.2, 0) is 17.8 Å². The van der Waals surface area contributed by atoms with E-state index in [4.69, 9.17) is 5.73 Å². The van der Waals surface area contributed by atoms with Crippen LogP contribution in [0.4, 0.5) is 5.69 Å². The molecule has 3 heterocycles. The van der Waals surface area contributed by atoms with Gasteiger partial charge in [0.15, 0.2) is 5.01 Å². The monoisotopic (exact) mass is 417 g/mol. The highest BCUT2D eigenvalue weighted by Crippen LogP contribution is 2.28. The lowest BCUT2D eigenvalue weighted by Crippen LogP contribution is -2.29. The van der Waals surface area contributed by atoms with Crippen LogP contribution in [0.2, 0.25) is 0 Å². The molecule has 1 aliphatic carbocycles. The lowest BCUT2D eigenvalue weighted by molar-refractivity contribution is -0.117. The molecular weight excluding hydrogens is 386 g/mol. The van der Waals surface area contributed by atoms with E-state index in [1.54, 1.807) is 19.3 Å². The van der Waals surface area contributed by atoms with Crippen molar-refractivity contribution < 1.29 is 9.59 Å². The van der Waals surface area contributed by atoms with Gasteiger partial charge in [0.1, 0.15) is 0 Å². The largest absolute Gasteiger partial charge is 0.370 e. The lowest BCUT2D eigenvalue weighted by Gasteiger charge is -2.27. The zero-order chi connectivity index (χ0) is 21.1. The third-order valence-corrected chi connectivity index (χ3v) is 5.92. The number of anilines is 1. The fraction of sp³-hybridized carbons (Fsp3) is 0.524. The third kappa shape index (κ3) is 7.81. The van der Waals surface area contributed by atoms with Gasteiger partial charge in [-0.05, 0) is 12.1 Å². The summed E-state index contributed by atoms with van der Waals surface area (Å²) in [6.07, 6.45) is 13.9. The van der Waals surface area contributed by atoms with Gasteiger partial charge in [-0.25, -0.2) is 4.98 Å². The van der Waals surface area contributed by atoms with Crippen LogP contribution in [0, 0.1) is 0 Å². The van der Waals surface area contributed by atoms with Crippen LogP contribution in [0.5, 0.6) is 0 Å². The maximum absolute atomic E-state index is 11.1. The summed E-state index contributed by atoms with van der Waals surface area (Å²) in [7, 11) is 0. The first-order valence-electron chi connectivity index (χ1n) is 10.2. The predicted molar refractivity (Wildman–Crippen MR) is 117 cm³/mol. The number of carbonyl (C=O) groups is 2. The first-order chi connectivity index (χ1) is 14.0. The van der Waals surface area contributed by atoms with Gasteiger partial charge in [0.25, 0.3) is 5.91 Å². The predicted octanol–water partition coefficient (Wildman–Crippen LogP) is 3.42. The number of fused-ring (bicyclic) bond motifs is 1. The van der Waals surface area contributed by atoms with Gasteiger partial charge in [-0.3, -0.25) is 14.6 Å². The highest BCUT2D eigenvalue weighted by molar-refractivity contribution is 7.13. The molecule has 0 radical (unpaired) electrons. The van der Waals surface area contributed by atoms with E-state index in [2.05, 4.69) is 20.6 Å². The van der Waals surface area contributed by atoms with Crippen molar-refractivity contribution in [3.05, 3.63) is 40.1 Å². The van der Waals surface area contributed by atoms with E-state index in [0.29, 0.717) is 11.4 Å². The molecule has 2 aromatic rings. The molecule has 0 bridgehead atoms. The Labute approximate surface area is 176 Å². The Morgan fingerprint density at radius 2 is 1.62 bits per heavy atom. The normalized spacial score (nSPS) is 15.1. The quantitative estimate of drug-likeness (QED) is 0.794. The molecule has 0 unspecified atom stereocenters. The number of thiazole rings is 1. The van der Waals surface area contributed by atoms with E-state index in [-0.39, 0.29) is 5.91 Å². The number of aromatic nitrogens is 2. The number of nitrogens with two attached hydrogens (primary N) is 2. The Balaban J connectivity index is 0.000000225. The Morgan fingerprint density at radius 3 is 2.10 bits per heavy atom. The summed E-state index contributed by atoms with van der Waals surface area (Å²) in [5.74, 6) is -0.685. The van der Waals surface area contributed by atoms with Gasteiger partial charge in [0, 0.05) is 42.3 Å². The van der Waals surface area contributed by atoms with E-state index >= 15 is 0 Å². The second-order valence-electron chi connectivity index (χ2n) is 7.07. The van der Waals surface area contributed by atoms with Crippen molar-refractivity contribution in [2.24, 2.45) is 11.5 Å². The minimum atomic E-state index is -0.440. The van der Waals surface area contributed by atoms with Crippen molar-refractivity contribution in [1.29, 1.82) is 0 Å². The maximum atomic E-state index is 11.1. The number of nitrogens with zero attached hydrogens (tertiary/aromatic N) is 3. The molecule has 29 heavy (non-hydrogen) atoms. The van der Waals surface area contributed by atoms with Gasteiger partial charge in [0.2, 0.25) is 5.91 Å². The third-order valence-electron chi connectivity index (χ3n) is 4.82. The Kier molecular flexibility index (Phi) is 9.56. The number of pyridine rings is 1. The zero-order valence-electron chi connectivity index (χ0n) is 17.1. The highest BCUT2D eigenvalue weighted by Gasteiger charge is 2.22. The summed E-state index contributed by atoms with van der Waals surface area (Å²) < 4.78 is 0. The summed E-state index contributed by atoms with van der Waals surface area (Å²) >= 11 is 1.40. The minimum Gasteiger partial charge on any atom is -0.370 e. The first-order valence-corrected chi connectivity index (χ1v) is 11.0. The number of hydrogen-bond donors (Lipinski definition) is 2. The molecule has 0 saturated heterocycles. The van der Waals surface area contributed by atoms with E-state index in [0.717, 1.165) is 35.8 Å².